The third-order valence-corrected chi connectivity index (χ3v) is 3.20. The van der Waals surface area contributed by atoms with Crippen LogP contribution in [0.15, 0.2) is 24.3 Å². The van der Waals surface area contributed by atoms with E-state index in [1.54, 1.807) is 12.1 Å². The molecule has 2 atom stereocenters. The van der Waals surface area contributed by atoms with E-state index in [0.29, 0.717) is 12.3 Å². The molecule has 1 aromatic rings. The molecule has 3 nitrogen and oxygen atoms in total. The molecule has 0 bridgehead atoms. The summed E-state index contributed by atoms with van der Waals surface area (Å²) in [5, 5.41) is 12.8. The van der Waals surface area contributed by atoms with E-state index in [9.17, 15) is 9.50 Å². The van der Waals surface area contributed by atoms with Gasteiger partial charge in [0.1, 0.15) is 5.82 Å². The number of rotatable bonds is 3. The van der Waals surface area contributed by atoms with Crippen molar-refractivity contribution in [2.24, 2.45) is 0 Å². The molecule has 1 aliphatic heterocycles. The van der Waals surface area contributed by atoms with Gasteiger partial charge < -0.3 is 15.2 Å². The fraction of sp³-hybridized carbons (Fsp3) is 0.538. The van der Waals surface area contributed by atoms with Crippen molar-refractivity contribution in [1.82, 2.24) is 0 Å². The number of anilines is 1. The monoisotopic (exact) mass is 239 g/mol. The van der Waals surface area contributed by atoms with Crippen LogP contribution in [0.5, 0.6) is 0 Å². The number of nitrogens with one attached hydrogen (secondary N) is 1. The van der Waals surface area contributed by atoms with Gasteiger partial charge in [0, 0.05) is 12.3 Å². The molecule has 1 aliphatic rings. The molecule has 0 saturated carbocycles. The highest BCUT2D eigenvalue weighted by Gasteiger charge is 2.34. The summed E-state index contributed by atoms with van der Waals surface area (Å²) in [5.74, 6) is -0.275. The average molecular weight is 239 g/mol. The van der Waals surface area contributed by atoms with Crippen LogP contribution >= 0.6 is 0 Å². The number of ether oxygens (including phenoxy) is 1. The van der Waals surface area contributed by atoms with Crippen molar-refractivity contribution >= 4 is 5.69 Å². The molecule has 1 saturated heterocycles. The van der Waals surface area contributed by atoms with Gasteiger partial charge in [0.25, 0.3) is 0 Å². The second kappa shape index (κ2) is 5.02. The van der Waals surface area contributed by atoms with Crippen molar-refractivity contribution in [3.8, 4) is 0 Å². The smallest absolute Gasteiger partial charge is 0.125 e. The normalized spacial score (nSPS) is 29.0. The molecule has 0 aliphatic carbocycles. The second-order valence-electron chi connectivity index (χ2n) is 4.71. The zero-order valence-electron chi connectivity index (χ0n) is 9.95. The van der Waals surface area contributed by atoms with Gasteiger partial charge in [-0.25, -0.2) is 4.39 Å². The maximum atomic E-state index is 13.1. The minimum absolute atomic E-state index is 0.0250. The Hall–Kier alpha value is -1.13. The van der Waals surface area contributed by atoms with E-state index in [1.807, 2.05) is 6.92 Å². The minimum Gasteiger partial charge on any atom is -0.394 e. The van der Waals surface area contributed by atoms with Crippen molar-refractivity contribution < 1.29 is 14.2 Å². The van der Waals surface area contributed by atoms with Crippen LogP contribution in [0.2, 0.25) is 0 Å². The van der Waals surface area contributed by atoms with Crippen LogP contribution in [0.3, 0.4) is 0 Å². The largest absolute Gasteiger partial charge is 0.394 e. The first-order chi connectivity index (χ1) is 8.13. The predicted octanol–water partition coefficient (Wildman–Crippen LogP) is 2.17. The molecule has 2 unspecified atom stereocenters. The summed E-state index contributed by atoms with van der Waals surface area (Å²) in [6, 6.07) is 6.31. The van der Waals surface area contributed by atoms with E-state index in [1.165, 1.54) is 12.1 Å². The third-order valence-electron chi connectivity index (χ3n) is 3.20. The molecule has 0 spiro atoms. The van der Waals surface area contributed by atoms with Gasteiger partial charge in [-0.1, -0.05) is 6.07 Å². The Morgan fingerprint density at radius 2 is 2.41 bits per heavy atom. The summed E-state index contributed by atoms with van der Waals surface area (Å²) in [6.07, 6.45) is 1.56. The van der Waals surface area contributed by atoms with E-state index < -0.39 is 5.54 Å². The molecule has 0 aromatic heterocycles. The molecule has 1 heterocycles. The van der Waals surface area contributed by atoms with Gasteiger partial charge >= 0.3 is 0 Å². The molecule has 2 N–H and O–H groups in total. The van der Waals surface area contributed by atoms with E-state index in [4.69, 9.17) is 4.74 Å². The van der Waals surface area contributed by atoms with E-state index in [0.717, 1.165) is 12.8 Å². The van der Waals surface area contributed by atoms with Gasteiger partial charge in [0.2, 0.25) is 0 Å². The van der Waals surface area contributed by atoms with E-state index in [2.05, 4.69) is 5.32 Å². The maximum Gasteiger partial charge on any atom is 0.125 e. The molecule has 94 valence electrons. The Morgan fingerprint density at radius 3 is 3.06 bits per heavy atom. The molecular formula is C13H18FNO2. The van der Waals surface area contributed by atoms with Gasteiger partial charge in [-0.15, -0.1) is 0 Å². The molecule has 0 amide bonds. The Morgan fingerprint density at radius 1 is 1.59 bits per heavy atom. The summed E-state index contributed by atoms with van der Waals surface area (Å²) in [4.78, 5) is 0. The van der Waals surface area contributed by atoms with E-state index in [-0.39, 0.29) is 18.5 Å². The first-order valence-corrected chi connectivity index (χ1v) is 5.90. The van der Waals surface area contributed by atoms with Crippen molar-refractivity contribution in [1.29, 1.82) is 0 Å². The van der Waals surface area contributed by atoms with Crippen LogP contribution in [-0.4, -0.2) is 30.0 Å². The van der Waals surface area contributed by atoms with Crippen molar-refractivity contribution in [2.45, 2.75) is 31.4 Å². The highest BCUT2D eigenvalue weighted by atomic mass is 19.1. The zero-order chi connectivity index (χ0) is 12.3. The van der Waals surface area contributed by atoms with Gasteiger partial charge in [0.15, 0.2) is 0 Å². The Kier molecular flexibility index (Phi) is 3.64. The number of aliphatic hydroxyl groups excluding tert-OH is 1. The lowest BCUT2D eigenvalue weighted by molar-refractivity contribution is -0.0160. The lowest BCUT2D eigenvalue weighted by Gasteiger charge is -2.40. The van der Waals surface area contributed by atoms with Crippen molar-refractivity contribution in [3.05, 3.63) is 30.1 Å². The fourth-order valence-electron chi connectivity index (χ4n) is 2.34. The van der Waals surface area contributed by atoms with E-state index >= 15 is 0 Å². The number of benzene rings is 1. The SMILES string of the molecule is CC1CC(CO)(Nc2cccc(F)c2)CCO1. The van der Waals surface area contributed by atoms with Gasteiger partial charge in [-0.2, -0.15) is 0 Å². The van der Waals surface area contributed by atoms with Crippen LogP contribution in [0.4, 0.5) is 10.1 Å². The number of hydrogen-bond acceptors (Lipinski definition) is 3. The summed E-state index contributed by atoms with van der Waals surface area (Å²) in [6.45, 7) is 2.62. The molecule has 4 heteroatoms. The van der Waals surface area contributed by atoms with Gasteiger partial charge in [-0.3, -0.25) is 0 Å². The first kappa shape index (κ1) is 12.3. The topological polar surface area (TPSA) is 41.5 Å². The number of aliphatic hydroxyl groups is 1. The Balaban J connectivity index is 2.13. The van der Waals surface area contributed by atoms with Crippen molar-refractivity contribution in [3.63, 3.8) is 0 Å². The second-order valence-corrected chi connectivity index (χ2v) is 4.71. The predicted molar refractivity (Wildman–Crippen MR) is 64.5 cm³/mol. The molecule has 0 radical (unpaired) electrons. The summed E-state index contributed by atoms with van der Waals surface area (Å²) >= 11 is 0. The standard InChI is InChI=1S/C13H18FNO2/c1-10-8-13(9-16,5-6-17-10)15-12-4-2-3-11(14)7-12/h2-4,7,10,15-16H,5-6,8-9H2,1H3. The van der Waals surface area contributed by atoms with Gasteiger partial charge in [-0.05, 0) is 38.0 Å². The lowest BCUT2D eigenvalue weighted by atomic mass is 9.87. The first-order valence-electron chi connectivity index (χ1n) is 5.90. The minimum atomic E-state index is -0.397. The highest BCUT2D eigenvalue weighted by molar-refractivity contribution is 5.46. The maximum absolute atomic E-state index is 13.1. The molecule has 1 aromatic carbocycles. The molecule has 2 rings (SSSR count). The Bertz CT molecular complexity index is 385. The van der Waals surface area contributed by atoms with Crippen molar-refractivity contribution in [2.75, 3.05) is 18.5 Å². The zero-order valence-corrected chi connectivity index (χ0v) is 9.95. The van der Waals surface area contributed by atoms with Crippen LogP contribution in [0.1, 0.15) is 19.8 Å². The average Bonchev–Trinajstić information content (AvgIpc) is 2.29. The third kappa shape index (κ3) is 2.96. The van der Waals surface area contributed by atoms with Crippen LogP contribution in [0.25, 0.3) is 0 Å². The highest BCUT2D eigenvalue weighted by Crippen LogP contribution is 2.28. The summed E-state index contributed by atoms with van der Waals surface area (Å²) < 4.78 is 18.6. The lowest BCUT2D eigenvalue weighted by Crippen LogP contribution is -2.49. The molecular weight excluding hydrogens is 221 g/mol. The molecule has 17 heavy (non-hydrogen) atoms. The van der Waals surface area contributed by atoms with Crippen LogP contribution in [0, 0.1) is 5.82 Å². The quantitative estimate of drug-likeness (QED) is 0.849. The Labute approximate surface area is 101 Å². The molecule has 1 fully saturated rings. The summed E-state index contributed by atoms with van der Waals surface area (Å²) in [5.41, 5.74) is 0.305. The number of hydrogen-bond donors (Lipinski definition) is 2. The summed E-state index contributed by atoms with van der Waals surface area (Å²) in [7, 11) is 0. The number of halogens is 1. The fourth-order valence-corrected chi connectivity index (χ4v) is 2.34. The van der Waals surface area contributed by atoms with Gasteiger partial charge in [0.05, 0.1) is 18.2 Å². The van der Waals surface area contributed by atoms with Crippen LogP contribution < -0.4 is 5.32 Å². The van der Waals surface area contributed by atoms with Crippen LogP contribution in [-0.2, 0) is 4.74 Å².